The molecule has 0 N–H and O–H groups in total. The third kappa shape index (κ3) is 3.79. The van der Waals surface area contributed by atoms with Crippen LogP contribution < -0.4 is 4.90 Å². The fourth-order valence-electron chi connectivity index (χ4n) is 3.33. The average Bonchev–Trinajstić information content (AvgIpc) is 3.33. The number of anilines is 1. The van der Waals surface area contributed by atoms with Gasteiger partial charge in [-0.05, 0) is 50.2 Å². The fourth-order valence-corrected chi connectivity index (χ4v) is 3.99. The van der Waals surface area contributed by atoms with Gasteiger partial charge in [0.1, 0.15) is 11.6 Å². The van der Waals surface area contributed by atoms with Crippen LogP contribution in [0.2, 0.25) is 0 Å². The molecule has 0 radical (unpaired) electrons. The van der Waals surface area contributed by atoms with Crippen LogP contribution in [0.15, 0.2) is 22.0 Å². The molecule has 1 saturated carbocycles. The molecule has 25 heavy (non-hydrogen) atoms. The van der Waals surface area contributed by atoms with E-state index in [1.54, 1.807) is 6.07 Å². The van der Waals surface area contributed by atoms with E-state index < -0.39 is 9.84 Å². The summed E-state index contributed by atoms with van der Waals surface area (Å²) < 4.78 is 29.3. The quantitative estimate of drug-likeness (QED) is 0.595. The maximum atomic E-state index is 12.1. The van der Waals surface area contributed by atoms with Gasteiger partial charge < -0.3 is 9.64 Å². The van der Waals surface area contributed by atoms with E-state index >= 15 is 0 Å². The smallest absolute Gasteiger partial charge is 0.175 e. The number of nitrogens with zero attached hydrogens (tertiary/aromatic N) is 3. The molecule has 1 heterocycles. The van der Waals surface area contributed by atoms with Crippen molar-refractivity contribution in [3.63, 3.8) is 0 Å². The van der Waals surface area contributed by atoms with Gasteiger partial charge in [0.15, 0.2) is 16.2 Å². The van der Waals surface area contributed by atoms with Crippen molar-refractivity contribution in [2.75, 3.05) is 30.9 Å². The Kier molecular flexibility index (Phi) is 4.74. The third-order valence-corrected chi connectivity index (χ3v) is 6.26. The van der Waals surface area contributed by atoms with Gasteiger partial charge >= 0.3 is 0 Å². The zero-order valence-corrected chi connectivity index (χ0v) is 15.5. The number of hydrogen-bond acceptors (Lipinski definition) is 6. The lowest BCUT2D eigenvalue weighted by Gasteiger charge is -2.34. The molecule has 0 amide bonds. The van der Waals surface area contributed by atoms with Crippen LogP contribution >= 0.6 is 0 Å². The van der Waals surface area contributed by atoms with E-state index in [-0.39, 0.29) is 4.90 Å². The van der Waals surface area contributed by atoms with Crippen molar-refractivity contribution in [2.24, 2.45) is 10.4 Å². The zero-order chi connectivity index (χ0) is 18.1. The second kappa shape index (κ2) is 6.68. The lowest BCUT2D eigenvalue weighted by molar-refractivity contribution is 0.344. The second-order valence-electron chi connectivity index (χ2n) is 6.90. The van der Waals surface area contributed by atoms with E-state index in [1.165, 1.54) is 31.6 Å². The van der Waals surface area contributed by atoms with Gasteiger partial charge in [-0.2, -0.15) is 5.26 Å². The van der Waals surface area contributed by atoms with Gasteiger partial charge in [0.25, 0.3) is 0 Å². The highest BCUT2D eigenvalue weighted by Gasteiger charge is 2.44. The number of ether oxygens (including phenoxy) is 1. The monoisotopic (exact) mass is 361 g/mol. The highest BCUT2D eigenvalue weighted by Crippen LogP contribution is 2.54. The number of aliphatic imine (C=N–C) groups is 1. The lowest BCUT2D eigenvalue weighted by atomic mass is 9.93. The summed E-state index contributed by atoms with van der Waals surface area (Å²) in [5.41, 5.74) is 1.90. The third-order valence-electron chi connectivity index (χ3n) is 5.17. The summed E-state index contributed by atoms with van der Waals surface area (Å²) in [6, 6.07) is 5.25. The van der Waals surface area contributed by atoms with Crippen LogP contribution in [0.1, 0.15) is 38.2 Å². The molecule has 0 aromatic heterocycles. The minimum absolute atomic E-state index is 0.178. The van der Waals surface area contributed by atoms with Crippen molar-refractivity contribution in [3.05, 3.63) is 17.7 Å². The van der Waals surface area contributed by atoms with Gasteiger partial charge in [0.05, 0.1) is 22.9 Å². The molecule has 0 bridgehead atoms. The molecule has 1 spiro atoms. The molecule has 6 nitrogen and oxygen atoms in total. The Bertz CT molecular complexity index is 826. The molecule has 0 atom stereocenters. The second-order valence-corrected chi connectivity index (χ2v) is 8.91. The summed E-state index contributed by atoms with van der Waals surface area (Å²) in [6.07, 6.45) is 7.21. The SMILES string of the molecule is CCOC=Nc1cc(S(C)(=O)=O)cc(N2CCC3(CC2)CC3)c1C#N. The first-order chi connectivity index (χ1) is 11.9. The van der Waals surface area contributed by atoms with Gasteiger partial charge in [-0.1, -0.05) is 0 Å². The molecule has 1 aliphatic carbocycles. The van der Waals surface area contributed by atoms with E-state index in [9.17, 15) is 13.7 Å². The molecule has 7 heteroatoms. The minimum Gasteiger partial charge on any atom is -0.483 e. The van der Waals surface area contributed by atoms with E-state index in [0.29, 0.717) is 29.0 Å². The maximum Gasteiger partial charge on any atom is 0.175 e. The summed E-state index contributed by atoms with van der Waals surface area (Å²) in [5, 5.41) is 9.65. The highest BCUT2D eigenvalue weighted by atomic mass is 32.2. The standard InChI is InChI=1S/C18H23N3O3S/c1-3-24-13-20-16-10-14(25(2,22)23)11-17(15(16)12-19)21-8-6-18(4-5-18)7-9-21/h10-11,13H,3-9H2,1-2H3. The van der Waals surface area contributed by atoms with Crippen LogP contribution in [0.3, 0.4) is 0 Å². The Morgan fingerprint density at radius 2 is 2.00 bits per heavy atom. The Balaban J connectivity index is 2.02. The number of rotatable bonds is 5. The van der Waals surface area contributed by atoms with Crippen molar-refractivity contribution in [3.8, 4) is 6.07 Å². The van der Waals surface area contributed by atoms with Crippen molar-refractivity contribution < 1.29 is 13.2 Å². The summed E-state index contributed by atoms with van der Waals surface area (Å²) in [6.45, 7) is 3.97. The van der Waals surface area contributed by atoms with Crippen LogP contribution in [0.5, 0.6) is 0 Å². The minimum atomic E-state index is -3.40. The molecular weight excluding hydrogens is 338 g/mol. The molecule has 1 saturated heterocycles. The van der Waals surface area contributed by atoms with Crippen LogP contribution in [0, 0.1) is 16.7 Å². The van der Waals surface area contributed by atoms with Crippen molar-refractivity contribution >= 4 is 27.6 Å². The summed E-state index contributed by atoms with van der Waals surface area (Å²) in [5.74, 6) is 0. The van der Waals surface area contributed by atoms with E-state index in [0.717, 1.165) is 25.9 Å². The number of nitriles is 1. The molecule has 1 aromatic carbocycles. The van der Waals surface area contributed by atoms with Crippen LogP contribution in [-0.4, -0.2) is 40.8 Å². The van der Waals surface area contributed by atoms with E-state index in [4.69, 9.17) is 4.74 Å². The molecule has 2 aliphatic rings. The first-order valence-corrected chi connectivity index (χ1v) is 10.4. The van der Waals surface area contributed by atoms with Crippen molar-refractivity contribution in [1.82, 2.24) is 0 Å². The van der Waals surface area contributed by atoms with E-state index in [1.807, 2.05) is 6.92 Å². The first kappa shape index (κ1) is 17.7. The normalized spacial score (nSPS) is 19.2. The molecule has 1 aromatic rings. The predicted octanol–water partition coefficient (Wildman–Crippen LogP) is 3.04. The zero-order valence-electron chi connectivity index (χ0n) is 14.7. The van der Waals surface area contributed by atoms with E-state index in [2.05, 4.69) is 16.0 Å². The van der Waals surface area contributed by atoms with Crippen molar-refractivity contribution in [1.29, 1.82) is 5.26 Å². The molecule has 0 unspecified atom stereocenters. The van der Waals surface area contributed by atoms with Gasteiger partial charge in [-0.3, -0.25) is 0 Å². The van der Waals surface area contributed by atoms with Crippen molar-refractivity contribution in [2.45, 2.75) is 37.5 Å². The summed E-state index contributed by atoms with van der Waals surface area (Å²) in [7, 11) is -3.40. The van der Waals surface area contributed by atoms with Gasteiger partial charge in [0, 0.05) is 19.3 Å². The van der Waals surface area contributed by atoms with Gasteiger partial charge in [-0.15, -0.1) is 0 Å². The number of piperidine rings is 1. The molecule has 1 aliphatic heterocycles. The number of benzene rings is 1. The predicted molar refractivity (Wildman–Crippen MR) is 97.2 cm³/mol. The Hall–Kier alpha value is -2.07. The first-order valence-electron chi connectivity index (χ1n) is 8.56. The maximum absolute atomic E-state index is 12.1. The van der Waals surface area contributed by atoms with Crippen LogP contribution in [-0.2, 0) is 14.6 Å². The molecular formula is C18H23N3O3S. The summed E-state index contributed by atoms with van der Waals surface area (Å²) in [4.78, 5) is 6.48. The molecule has 3 rings (SSSR count). The van der Waals surface area contributed by atoms with Gasteiger partial charge in [0.2, 0.25) is 0 Å². The fraction of sp³-hybridized carbons (Fsp3) is 0.556. The van der Waals surface area contributed by atoms with Crippen LogP contribution in [0.25, 0.3) is 0 Å². The number of sulfone groups is 1. The Morgan fingerprint density at radius 3 is 2.52 bits per heavy atom. The molecule has 134 valence electrons. The summed E-state index contributed by atoms with van der Waals surface area (Å²) >= 11 is 0. The molecule has 2 fully saturated rings. The topological polar surface area (TPSA) is 82.8 Å². The largest absolute Gasteiger partial charge is 0.483 e. The average molecular weight is 361 g/mol. The Labute approximate surface area is 149 Å². The van der Waals surface area contributed by atoms with Crippen LogP contribution in [0.4, 0.5) is 11.4 Å². The Morgan fingerprint density at radius 1 is 1.32 bits per heavy atom. The van der Waals surface area contributed by atoms with Gasteiger partial charge in [-0.25, -0.2) is 13.4 Å². The lowest BCUT2D eigenvalue weighted by Crippen LogP contribution is -2.35. The number of hydrogen-bond donors (Lipinski definition) is 0. The highest BCUT2D eigenvalue weighted by molar-refractivity contribution is 7.90.